The molecule has 2 N–H and O–H groups in total. The Morgan fingerprint density at radius 3 is 2.78 bits per heavy atom. The number of ether oxygens (including phenoxy) is 2. The first kappa shape index (κ1) is 17.5. The van der Waals surface area contributed by atoms with Crippen molar-refractivity contribution in [2.45, 2.75) is 25.9 Å². The normalized spacial score (nSPS) is 13.9. The third-order valence-electron chi connectivity index (χ3n) is 3.60. The molecule has 1 aliphatic carbocycles. The topological polar surface area (TPSA) is 59.6 Å². The molecule has 0 radical (unpaired) electrons. The van der Waals surface area contributed by atoms with E-state index in [1.807, 2.05) is 0 Å². The van der Waals surface area contributed by atoms with Gasteiger partial charge in [0, 0.05) is 6.54 Å². The van der Waals surface area contributed by atoms with E-state index in [2.05, 4.69) is 15.4 Å². The van der Waals surface area contributed by atoms with Crippen LogP contribution in [0.5, 0.6) is 11.5 Å². The maximum atomic E-state index is 12.4. The second-order valence-electron chi connectivity index (χ2n) is 5.54. The lowest BCUT2D eigenvalue weighted by atomic mass is 10.1. The Morgan fingerprint density at radius 2 is 2.13 bits per heavy atom. The van der Waals surface area contributed by atoms with Crippen molar-refractivity contribution in [1.29, 1.82) is 0 Å². The number of hydrogen-bond acceptors (Lipinski definition) is 4. The summed E-state index contributed by atoms with van der Waals surface area (Å²) in [4.78, 5) is 11.6. The number of rotatable bonds is 10. The molecule has 1 amide bonds. The van der Waals surface area contributed by atoms with Gasteiger partial charge in [0.1, 0.15) is 0 Å². The highest BCUT2D eigenvalue weighted by Crippen LogP contribution is 2.29. The van der Waals surface area contributed by atoms with Gasteiger partial charge < -0.3 is 20.1 Å². The van der Waals surface area contributed by atoms with Crippen molar-refractivity contribution >= 4 is 5.91 Å². The molecule has 1 fully saturated rings. The van der Waals surface area contributed by atoms with E-state index in [-0.39, 0.29) is 17.4 Å². The van der Waals surface area contributed by atoms with Gasteiger partial charge in [-0.3, -0.25) is 4.79 Å². The van der Waals surface area contributed by atoms with E-state index < -0.39 is 6.61 Å². The summed E-state index contributed by atoms with van der Waals surface area (Å²) in [6, 6.07) is 4.84. The van der Waals surface area contributed by atoms with Gasteiger partial charge in [0.05, 0.1) is 13.7 Å². The van der Waals surface area contributed by atoms with Crippen LogP contribution in [0.3, 0.4) is 0 Å². The van der Waals surface area contributed by atoms with Gasteiger partial charge in [-0.15, -0.1) is 0 Å². The van der Waals surface area contributed by atoms with Gasteiger partial charge in [0.2, 0.25) is 5.91 Å². The Morgan fingerprint density at radius 1 is 1.35 bits per heavy atom. The molecule has 0 aliphatic heterocycles. The van der Waals surface area contributed by atoms with Crippen molar-refractivity contribution in [2.24, 2.45) is 5.92 Å². The van der Waals surface area contributed by atoms with E-state index in [4.69, 9.17) is 4.74 Å². The lowest BCUT2D eigenvalue weighted by molar-refractivity contribution is -0.120. The van der Waals surface area contributed by atoms with Crippen LogP contribution in [0.4, 0.5) is 8.78 Å². The summed E-state index contributed by atoms with van der Waals surface area (Å²) in [5.74, 6) is 0.915. The molecule has 128 valence electrons. The average Bonchev–Trinajstić information content (AvgIpc) is 3.31. The Labute approximate surface area is 134 Å². The van der Waals surface area contributed by atoms with Crippen LogP contribution in [0.2, 0.25) is 0 Å². The van der Waals surface area contributed by atoms with Gasteiger partial charge in [0.25, 0.3) is 0 Å². The average molecular weight is 328 g/mol. The molecular weight excluding hydrogens is 306 g/mol. The predicted octanol–water partition coefficient (Wildman–Crippen LogP) is 1.95. The van der Waals surface area contributed by atoms with Crippen LogP contribution in [0.1, 0.15) is 18.4 Å². The van der Waals surface area contributed by atoms with E-state index in [0.29, 0.717) is 19.5 Å². The van der Waals surface area contributed by atoms with Crippen molar-refractivity contribution in [3.8, 4) is 11.5 Å². The standard InChI is InChI=1S/C16H22F2N2O3/c1-22-13-5-4-11(8-14(13)23-16(17)18)6-7-20-15(21)10-19-9-12-2-3-12/h4-5,8,12,16,19H,2-3,6-7,9-10H2,1H3,(H,20,21). The number of halogens is 2. The number of alkyl halides is 2. The highest BCUT2D eigenvalue weighted by atomic mass is 19.3. The maximum absolute atomic E-state index is 12.4. The number of carbonyl (C=O) groups excluding carboxylic acids is 1. The molecule has 0 aromatic heterocycles. The Bertz CT molecular complexity index is 522. The molecule has 0 saturated heterocycles. The minimum absolute atomic E-state index is 0.00238. The number of carbonyl (C=O) groups is 1. The van der Waals surface area contributed by atoms with Gasteiger partial charge in [-0.1, -0.05) is 6.07 Å². The Balaban J connectivity index is 1.74. The van der Waals surface area contributed by atoms with Gasteiger partial charge >= 0.3 is 6.61 Å². The Kier molecular flexibility index (Phi) is 6.58. The molecule has 2 rings (SSSR count). The molecule has 0 bridgehead atoms. The fourth-order valence-corrected chi connectivity index (χ4v) is 2.19. The van der Waals surface area contributed by atoms with Crippen LogP contribution < -0.4 is 20.1 Å². The van der Waals surface area contributed by atoms with Crippen LogP contribution in [-0.2, 0) is 11.2 Å². The third-order valence-corrected chi connectivity index (χ3v) is 3.60. The fraction of sp³-hybridized carbons (Fsp3) is 0.562. The van der Waals surface area contributed by atoms with Crippen molar-refractivity contribution in [3.05, 3.63) is 23.8 Å². The molecule has 0 atom stereocenters. The van der Waals surface area contributed by atoms with Crippen LogP contribution >= 0.6 is 0 Å². The number of hydrogen-bond donors (Lipinski definition) is 2. The molecule has 7 heteroatoms. The van der Waals surface area contributed by atoms with Gasteiger partial charge in [-0.05, 0) is 49.4 Å². The number of methoxy groups -OCH3 is 1. The summed E-state index contributed by atoms with van der Waals surface area (Å²) >= 11 is 0. The van der Waals surface area contributed by atoms with Crippen molar-refractivity contribution in [2.75, 3.05) is 26.7 Å². The van der Waals surface area contributed by atoms with Crippen molar-refractivity contribution in [3.63, 3.8) is 0 Å². The zero-order valence-corrected chi connectivity index (χ0v) is 13.1. The minimum Gasteiger partial charge on any atom is -0.493 e. The number of benzene rings is 1. The predicted molar refractivity (Wildman–Crippen MR) is 81.9 cm³/mol. The molecule has 0 heterocycles. The number of amides is 1. The minimum atomic E-state index is -2.91. The monoisotopic (exact) mass is 328 g/mol. The quantitative estimate of drug-likeness (QED) is 0.689. The van der Waals surface area contributed by atoms with E-state index >= 15 is 0 Å². The van der Waals surface area contributed by atoms with E-state index in [0.717, 1.165) is 18.0 Å². The first-order chi connectivity index (χ1) is 11.1. The zero-order chi connectivity index (χ0) is 16.7. The fourth-order valence-electron chi connectivity index (χ4n) is 2.19. The van der Waals surface area contributed by atoms with Crippen molar-refractivity contribution in [1.82, 2.24) is 10.6 Å². The second kappa shape index (κ2) is 8.67. The molecule has 1 saturated carbocycles. The first-order valence-electron chi connectivity index (χ1n) is 7.67. The second-order valence-corrected chi connectivity index (χ2v) is 5.54. The molecule has 23 heavy (non-hydrogen) atoms. The van der Waals surface area contributed by atoms with Gasteiger partial charge in [-0.25, -0.2) is 0 Å². The molecule has 1 aliphatic rings. The van der Waals surface area contributed by atoms with Crippen LogP contribution in [0.15, 0.2) is 18.2 Å². The maximum Gasteiger partial charge on any atom is 0.387 e. The smallest absolute Gasteiger partial charge is 0.387 e. The van der Waals surface area contributed by atoms with Gasteiger partial charge in [0.15, 0.2) is 11.5 Å². The summed E-state index contributed by atoms with van der Waals surface area (Å²) in [7, 11) is 1.39. The molecule has 5 nitrogen and oxygen atoms in total. The molecular formula is C16H22F2N2O3. The summed E-state index contributed by atoms with van der Waals surface area (Å²) < 4.78 is 34.1. The summed E-state index contributed by atoms with van der Waals surface area (Å²) in [6.45, 7) is -1.28. The summed E-state index contributed by atoms with van der Waals surface area (Å²) in [5.41, 5.74) is 0.785. The highest BCUT2D eigenvalue weighted by Gasteiger charge is 2.20. The van der Waals surface area contributed by atoms with E-state index in [9.17, 15) is 13.6 Å². The summed E-state index contributed by atoms with van der Waals surface area (Å²) in [5, 5.41) is 5.90. The number of nitrogens with one attached hydrogen (secondary N) is 2. The largest absolute Gasteiger partial charge is 0.493 e. The van der Waals surface area contributed by atoms with E-state index in [1.165, 1.54) is 26.0 Å². The first-order valence-corrected chi connectivity index (χ1v) is 7.67. The van der Waals surface area contributed by atoms with Crippen LogP contribution in [-0.4, -0.2) is 39.3 Å². The van der Waals surface area contributed by atoms with Crippen LogP contribution in [0, 0.1) is 5.92 Å². The Hall–Kier alpha value is -1.89. The lowest BCUT2D eigenvalue weighted by Gasteiger charge is -2.12. The SMILES string of the molecule is COc1ccc(CCNC(=O)CNCC2CC2)cc1OC(F)F. The third kappa shape index (κ3) is 6.40. The van der Waals surface area contributed by atoms with Gasteiger partial charge in [-0.2, -0.15) is 8.78 Å². The molecule has 0 spiro atoms. The van der Waals surface area contributed by atoms with Crippen LogP contribution in [0.25, 0.3) is 0 Å². The highest BCUT2D eigenvalue weighted by molar-refractivity contribution is 5.77. The molecule has 1 aromatic carbocycles. The summed E-state index contributed by atoms with van der Waals surface area (Å²) in [6.07, 6.45) is 3.02. The molecule has 0 unspecified atom stereocenters. The molecule has 1 aromatic rings. The van der Waals surface area contributed by atoms with E-state index in [1.54, 1.807) is 12.1 Å². The van der Waals surface area contributed by atoms with Crippen molar-refractivity contribution < 1.29 is 23.0 Å². The zero-order valence-electron chi connectivity index (χ0n) is 13.1. The lowest BCUT2D eigenvalue weighted by Crippen LogP contribution is -2.35.